The van der Waals surface area contributed by atoms with Gasteiger partial charge in [0.25, 0.3) is 5.56 Å². The molecule has 0 aliphatic rings. The normalized spacial score (nSPS) is 11.7. The molecule has 0 saturated heterocycles. The average Bonchev–Trinajstić information content (AvgIpc) is 2.02. The molecule has 13 heavy (non-hydrogen) atoms. The molecule has 1 aromatic rings. The fraction of sp³-hybridized carbons (Fsp3) is 0.556. The van der Waals surface area contributed by atoms with Gasteiger partial charge in [0, 0.05) is 23.7 Å². The monoisotopic (exact) mass is 181 g/mol. The molecule has 3 N–H and O–H groups in total. The van der Waals surface area contributed by atoms with Crippen molar-refractivity contribution in [3.05, 3.63) is 27.9 Å². The Labute approximate surface area is 77.2 Å². The zero-order chi connectivity index (χ0) is 10.1. The minimum atomic E-state index is -0.137. The third-order valence-corrected chi connectivity index (χ3v) is 1.80. The largest absolute Gasteiger partial charge is 0.326 e. The Morgan fingerprint density at radius 3 is 2.54 bits per heavy atom. The zero-order valence-electron chi connectivity index (χ0n) is 8.22. The van der Waals surface area contributed by atoms with E-state index >= 15 is 0 Å². The van der Waals surface area contributed by atoms with Gasteiger partial charge in [-0.05, 0) is 0 Å². The number of nitrogens with two attached hydrogens (primary N) is 1. The van der Waals surface area contributed by atoms with Crippen LogP contribution >= 0.6 is 0 Å². The highest BCUT2D eigenvalue weighted by molar-refractivity contribution is 5.09. The minimum absolute atomic E-state index is 0.133. The summed E-state index contributed by atoms with van der Waals surface area (Å²) >= 11 is 0. The summed E-state index contributed by atoms with van der Waals surface area (Å²) in [6.07, 6.45) is 1.54. The lowest BCUT2D eigenvalue weighted by Gasteiger charge is -2.16. The van der Waals surface area contributed by atoms with Crippen molar-refractivity contribution in [1.29, 1.82) is 0 Å². The van der Waals surface area contributed by atoms with E-state index in [-0.39, 0.29) is 17.5 Å². The smallest absolute Gasteiger partial charge is 0.255 e. The van der Waals surface area contributed by atoms with Gasteiger partial charge in [-0.15, -0.1) is 0 Å². The highest BCUT2D eigenvalue weighted by atomic mass is 16.1. The minimum Gasteiger partial charge on any atom is -0.326 e. The van der Waals surface area contributed by atoms with Crippen LogP contribution in [0.15, 0.2) is 11.0 Å². The first-order valence-electron chi connectivity index (χ1n) is 4.24. The van der Waals surface area contributed by atoms with Crippen molar-refractivity contribution >= 4 is 0 Å². The van der Waals surface area contributed by atoms with E-state index in [1.165, 1.54) is 0 Å². The van der Waals surface area contributed by atoms with Crippen LogP contribution in [-0.4, -0.2) is 9.97 Å². The number of hydrogen-bond donors (Lipinski definition) is 2. The van der Waals surface area contributed by atoms with E-state index in [4.69, 9.17) is 5.73 Å². The highest BCUT2D eigenvalue weighted by Gasteiger charge is 2.16. The van der Waals surface area contributed by atoms with E-state index < -0.39 is 0 Å². The van der Waals surface area contributed by atoms with Crippen LogP contribution in [0.5, 0.6) is 0 Å². The van der Waals surface area contributed by atoms with Crippen molar-refractivity contribution < 1.29 is 0 Å². The number of aromatic amines is 1. The molecule has 4 heteroatoms. The molecule has 0 amide bonds. The Hall–Kier alpha value is -1.16. The van der Waals surface area contributed by atoms with Crippen molar-refractivity contribution in [1.82, 2.24) is 9.97 Å². The number of nitrogens with one attached hydrogen (secondary N) is 1. The molecule has 72 valence electrons. The maximum Gasteiger partial charge on any atom is 0.255 e. The molecule has 0 unspecified atom stereocenters. The molecule has 1 rings (SSSR count). The van der Waals surface area contributed by atoms with E-state index in [0.717, 1.165) is 0 Å². The van der Waals surface area contributed by atoms with Gasteiger partial charge in [-0.1, -0.05) is 20.8 Å². The third-order valence-electron chi connectivity index (χ3n) is 1.80. The predicted molar refractivity (Wildman–Crippen MR) is 51.4 cm³/mol. The lowest BCUT2D eigenvalue weighted by atomic mass is 9.96. The van der Waals surface area contributed by atoms with Crippen molar-refractivity contribution in [2.75, 3.05) is 0 Å². The molecule has 0 aromatic carbocycles. The number of hydrogen-bond acceptors (Lipinski definition) is 3. The van der Waals surface area contributed by atoms with E-state index in [1.54, 1.807) is 6.20 Å². The Balaban J connectivity index is 3.18. The summed E-state index contributed by atoms with van der Waals surface area (Å²) in [5.74, 6) is 0.690. The molecule has 4 nitrogen and oxygen atoms in total. The molecule has 1 aromatic heterocycles. The molecule has 0 radical (unpaired) electrons. The van der Waals surface area contributed by atoms with Gasteiger partial charge in [-0.25, -0.2) is 4.98 Å². The summed E-state index contributed by atoms with van der Waals surface area (Å²) in [5, 5.41) is 0. The highest BCUT2D eigenvalue weighted by Crippen LogP contribution is 2.15. The molecule has 0 saturated carbocycles. The molecule has 0 aliphatic heterocycles. The van der Waals surface area contributed by atoms with Crippen molar-refractivity contribution in [3.63, 3.8) is 0 Å². The first-order valence-corrected chi connectivity index (χ1v) is 4.24. The first-order chi connectivity index (χ1) is 5.95. The van der Waals surface area contributed by atoms with Crippen molar-refractivity contribution in [2.24, 2.45) is 5.73 Å². The van der Waals surface area contributed by atoms with Gasteiger partial charge in [0.1, 0.15) is 5.82 Å². The summed E-state index contributed by atoms with van der Waals surface area (Å²) in [4.78, 5) is 18.2. The van der Waals surface area contributed by atoms with Crippen LogP contribution < -0.4 is 11.3 Å². The summed E-state index contributed by atoms with van der Waals surface area (Å²) in [7, 11) is 0. The maximum absolute atomic E-state index is 11.3. The molecule has 0 aliphatic carbocycles. The van der Waals surface area contributed by atoms with Crippen LogP contribution in [0.3, 0.4) is 0 Å². The SMILES string of the molecule is CC(C)(C)c1ncc(CN)c(=O)[nH]1. The Morgan fingerprint density at radius 2 is 2.15 bits per heavy atom. The summed E-state index contributed by atoms with van der Waals surface area (Å²) in [5.41, 5.74) is 5.60. The quantitative estimate of drug-likeness (QED) is 0.663. The second-order valence-electron chi connectivity index (χ2n) is 4.04. The Kier molecular flexibility index (Phi) is 2.52. The third kappa shape index (κ3) is 2.15. The number of rotatable bonds is 1. The second-order valence-corrected chi connectivity index (χ2v) is 4.04. The Bertz CT molecular complexity index is 349. The predicted octanol–water partition coefficient (Wildman–Crippen LogP) is 0.526. The van der Waals surface area contributed by atoms with Gasteiger partial charge in [0.15, 0.2) is 0 Å². The second kappa shape index (κ2) is 3.30. The van der Waals surface area contributed by atoms with Crippen LogP contribution in [0.4, 0.5) is 0 Å². The number of aromatic nitrogens is 2. The number of H-pyrrole nitrogens is 1. The van der Waals surface area contributed by atoms with E-state index in [9.17, 15) is 4.79 Å². The lowest BCUT2D eigenvalue weighted by molar-refractivity contribution is 0.541. The van der Waals surface area contributed by atoms with E-state index in [0.29, 0.717) is 11.4 Å². The van der Waals surface area contributed by atoms with Crippen molar-refractivity contribution in [2.45, 2.75) is 32.7 Å². The lowest BCUT2D eigenvalue weighted by Crippen LogP contribution is -2.24. The zero-order valence-corrected chi connectivity index (χ0v) is 8.22. The number of nitrogens with zero attached hydrogens (tertiary/aromatic N) is 1. The van der Waals surface area contributed by atoms with Gasteiger partial charge < -0.3 is 10.7 Å². The van der Waals surface area contributed by atoms with Gasteiger partial charge in [-0.3, -0.25) is 4.79 Å². The molecule has 0 spiro atoms. The first kappa shape index (κ1) is 9.92. The molecular formula is C9H15N3O. The van der Waals surface area contributed by atoms with Crippen LogP contribution in [0.1, 0.15) is 32.2 Å². The summed E-state index contributed by atoms with van der Waals surface area (Å²) < 4.78 is 0. The molecule has 0 fully saturated rings. The standard InChI is InChI=1S/C9H15N3O/c1-9(2,3)8-11-5-6(4-10)7(13)12-8/h5H,4,10H2,1-3H3,(H,11,12,13). The van der Waals surface area contributed by atoms with Crippen LogP contribution in [0.2, 0.25) is 0 Å². The van der Waals surface area contributed by atoms with E-state index in [1.807, 2.05) is 20.8 Å². The average molecular weight is 181 g/mol. The van der Waals surface area contributed by atoms with Crippen molar-refractivity contribution in [3.8, 4) is 0 Å². The van der Waals surface area contributed by atoms with Crippen LogP contribution in [-0.2, 0) is 12.0 Å². The fourth-order valence-electron chi connectivity index (χ4n) is 0.948. The molecule has 0 bridgehead atoms. The van der Waals surface area contributed by atoms with Gasteiger partial charge in [0.2, 0.25) is 0 Å². The summed E-state index contributed by atoms with van der Waals surface area (Å²) in [6.45, 7) is 6.21. The maximum atomic E-state index is 11.3. The van der Waals surface area contributed by atoms with E-state index in [2.05, 4.69) is 9.97 Å². The van der Waals surface area contributed by atoms with Crippen LogP contribution in [0, 0.1) is 0 Å². The summed E-state index contributed by atoms with van der Waals surface area (Å²) in [6, 6.07) is 0. The molecule has 1 heterocycles. The van der Waals surface area contributed by atoms with Crippen LogP contribution in [0.25, 0.3) is 0 Å². The topological polar surface area (TPSA) is 71.8 Å². The van der Waals surface area contributed by atoms with Gasteiger partial charge in [-0.2, -0.15) is 0 Å². The van der Waals surface area contributed by atoms with Gasteiger partial charge >= 0.3 is 0 Å². The fourth-order valence-corrected chi connectivity index (χ4v) is 0.948. The Morgan fingerprint density at radius 1 is 1.54 bits per heavy atom. The molecule has 0 atom stereocenters. The molecular weight excluding hydrogens is 166 g/mol. The van der Waals surface area contributed by atoms with Gasteiger partial charge in [0.05, 0.1) is 0 Å².